The summed E-state index contributed by atoms with van der Waals surface area (Å²) in [6, 6.07) is 0. The smallest absolute Gasteiger partial charge is 0.0462 e. The third-order valence-corrected chi connectivity index (χ3v) is 2.20. The molecule has 0 N–H and O–H groups in total. The van der Waals surface area contributed by atoms with Crippen molar-refractivity contribution in [2.75, 3.05) is 13.7 Å². The molecule has 0 rings (SSSR count). The van der Waals surface area contributed by atoms with Crippen molar-refractivity contribution in [2.24, 2.45) is 0 Å². The summed E-state index contributed by atoms with van der Waals surface area (Å²) in [5.74, 6) is 0. The summed E-state index contributed by atoms with van der Waals surface area (Å²) in [6.07, 6.45) is 11.0. The van der Waals surface area contributed by atoms with Crippen molar-refractivity contribution in [2.45, 2.75) is 58.3 Å². The molecule has 0 aliphatic carbocycles. The minimum absolute atomic E-state index is 0. The van der Waals surface area contributed by atoms with Gasteiger partial charge in [0, 0.05) is 13.7 Å². The number of hydrogen-bond acceptors (Lipinski definition) is 1. The highest BCUT2D eigenvalue weighted by molar-refractivity contribution is 7.59. The van der Waals surface area contributed by atoms with Crippen LogP contribution in [0.15, 0.2) is 0 Å². The lowest BCUT2D eigenvalue weighted by Crippen LogP contribution is -1.88. The summed E-state index contributed by atoms with van der Waals surface area (Å²) in [5.41, 5.74) is 0. The van der Waals surface area contributed by atoms with Gasteiger partial charge in [-0.2, -0.15) is 13.5 Å². The van der Waals surface area contributed by atoms with Crippen molar-refractivity contribution in [3.63, 3.8) is 0 Å². The van der Waals surface area contributed by atoms with E-state index in [0.29, 0.717) is 0 Å². The Bertz CT molecular complexity index is 66.5. The molecular weight excluding hydrogens is 180 g/mol. The lowest BCUT2D eigenvalue weighted by Gasteiger charge is -2.00. The van der Waals surface area contributed by atoms with E-state index in [-0.39, 0.29) is 13.5 Å². The van der Waals surface area contributed by atoms with E-state index < -0.39 is 0 Å². The zero-order valence-electron chi connectivity index (χ0n) is 9.27. The van der Waals surface area contributed by atoms with Crippen LogP contribution in [0.25, 0.3) is 0 Å². The Labute approximate surface area is 90.7 Å². The molecule has 0 saturated carbocycles. The molecule has 0 atom stereocenters. The van der Waals surface area contributed by atoms with E-state index in [1.807, 2.05) is 0 Å². The van der Waals surface area contributed by atoms with Crippen LogP contribution in [0.2, 0.25) is 0 Å². The first-order valence-electron chi connectivity index (χ1n) is 5.40. The van der Waals surface area contributed by atoms with Crippen LogP contribution in [0.5, 0.6) is 0 Å². The summed E-state index contributed by atoms with van der Waals surface area (Å²) < 4.78 is 4.99. The van der Waals surface area contributed by atoms with E-state index in [1.54, 1.807) is 7.11 Å². The van der Waals surface area contributed by atoms with E-state index in [2.05, 4.69) is 6.92 Å². The third-order valence-electron chi connectivity index (χ3n) is 2.20. The van der Waals surface area contributed by atoms with Crippen LogP contribution in [0.4, 0.5) is 0 Å². The SMILES string of the molecule is CCCCCCCCCCOC.S. The number of methoxy groups -OCH3 is 1. The van der Waals surface area contributed by atoms with Crippen LogP contribution in [0.1, 0.15) is 58.3 Å². The average molecular weight is 206 g/mol. The van der Waals surface area contributed by atoms with Gasteiger partial charge in [0.1, 0.15) is 0 Å². The molecule has 13 heavy (non-hydrogen) atoms. The maximum atomic E-state index is 4.99. The average Bonchev–Trinajstić information content (AvgIpc) is 2.10. The van der Waals surface area contributed by atoms with Gasteiger partial charge in [-0.15, -0.1) is 0 Å². The highest BCUT2D eigenvalue weighted by Crippen LogP contribution is 2.07. The zero-order valence-corrected chi connectivity index (χ0v) is 10.3. The molecule has 0 saturated heterocycles. The van der Waals surface area contributed by atoms with Crippen molar-refractivity contribution in [3.05, 3.63) is 0 Å². The molecule has 0 heterocycles. The lowest BCUT2D eigenvalue weighted by atomic mass is 10.1. The summed E-state index contributed by atoms with van der Waals surface area (Å²) in [4.78, 5) is 0. The predicted molar refractivity (Wildman–Crippen MR) is 64.9 cm³/mol. The van der Waals surface area contributed by atoms with Gasteiger partial charge < -0.3 is 4.74 Å². The number of rotatable bonds is 9. The molecule has 0 amide bonds. The Morgan fingerprint density at radius 1 is 0.769 bits per heavy atom. The van der Waals surface area contributed by atoms with Crippen LogP contribution in [0.3, 0.4) is 0 Å². The molecule has 82 valence electrons. The summed E-state index contributed by atoms with van der Waals surface area (Å²) >= 11 is 0. The molecule has 0 aromatic carbocycles. The predicted octanol–water partition coefficient (Wildman–Crippen LogP) is 3.89. The first kappa shape index (κ1) is 15.8. The highest BCUT2D eigenvalue weighted by Gasteiger charge is 1.90. The summed E-state index contributed by atoms with van der Waals surface area (Å²) in [5, 5.41) is 0. The molecule has 2 heteroatoms. The molecule has 0 aromatic rings. The highest BCUT2D eigenvalue weighted by atomic mass is 32.1. The zero-order chi connectivity index (χ0) is 9.07. The second-order valence-electron chi connectivity index (χ2n) is 3.47. The van der Waals surface area contributed by atoms with Crippen LogP contribution >= 0.6 is 13.5 Å². The van der Waals surface area contributed by atoms with Gasteiger partial charge >= 0.3 is 0 Å². The fraction of sp³-hybridized carbons (Fsp3) is 1.00. The Balaban J connectivity index is 0. The molecule has 0 aliphatic rings. The first-order chi connectivity index (χ1) is 5.91. The molecule has 0 radical (unpaired) electrons. The molecule has 0 aromatic heterocycles. The van der Waals surface area contributed by atoms with Gasteiger partial charge in [-0.25, -0.2) is 0 Å². The van der Waals surface area contributed by atoms with Gasteiger partial charge in [-0.1, -0.05) is 51.9 Å². The van der Waals surface area contributed by atoms with Crippen LogP contribution < -0.4 is 0 Å². The Morgan fingerprint density at radius 2 is 1.23 bits per heavy atom. The summed E-state index contributed by atoms with van der Waals surface area (Å²) in [7, 11) is 1.78. The topological polar surface area (TPSA) is 9.23 Å². The van der Waals surface area contributed by atoms with E-state index in [9.17, 15) is 0 Å². The first-order valence-corrected chi connectivity index (χ1v) is 5.40. The van der Waals surface area contributed by atoms with Crippen LogP contribution in [-0.4, -0.2) is 13.7 Å². The third kappa shape index (κ3) is 15.1. The van der Waals surface area contributed by atoms with Gasteiger partial charge in [-0.3, -0.25) is 0 Å². The van der Waals surface area contributed by atoms with Gasteiger partial charge in [0.05, 0.1) is 0 Å². The Hall–Kier alpha value is 0.310. The maximum Gasteiger partial charge on any atom is 0.0462 e. The van der Waals surface area contributed by atoms with E-state index >= 15 is 0 Å². The second kappa shape index (κ2) is 14.8. The Kier molecular flexibility index (Phi) is 18.0. The van der Waals surface area contributed by atoms with Gasteiger partial charge in [0.2, 0.25) is 0 Å². The fourth-order valence-corrected chi connectivity index (χ4v) is 1.38. The van der Waals surface area contributed by atoms with Crippen molar-refractivity contribution >= 4 is 13.5 Å². The van der Waals surface area contributed by atoms with Gasteiger partial charge in [0.15, 0.2) is 0 Å². The maximum absolute atomic E-state index is 4.99. The van der Waals surface area contributed by atoms with E-state index in [1.165, 1.54) is 51.4 Å². The molecule has 0 bridgehead atoms. The van der Waals surface area contributed by atoms with Crippen molar-refractivity contribution in [3.8, 4) is 0 Å². The molecule has 0 aliphatic heterocycles. The standard InChI is InChI=1S/C11H24O.H2S/c1-3-4-5-6-7-8-9-10-11-12-2;/h3-11H2,1-2H3;1H2. The molecule has 1 nitrogen and oxygen atoms in total. The lowest BCUT2D eigenvalue weighted by molar-refractivity contribution is 0.192. The molecular formula is C11H26OS. The van der Waals surface area contributed by atoms with Crippen molar-refractivity contribution in [1.29, 1.82) is 0 Å². The Morgan fingerprint density at radius 3 is 1.69 bits per heavy atom. The second-order valence-corrected chi connectivity index (χ2v) is 3.47. The summed E-state index contributed by atoms with van der Waals surface area (Å²) in [6.45, 7) is 3.20. The van der Waals surface area contributed by atoms with Crippen molar-refractivity contribution in [1.82, 2.24) is 0 Å². The van der Waals surface area contributed by atoms with Gasteiger partial charge in [-0.05, 0) is 6.42 Å². The normalized spacial score (nSPS) is 9.69. The fourth-order valence-electron chi connectivity index (χ4n) is 1.38. The largest absolute Gasteiger partial charge is 0.385 e. The quantitative estimate of drug-likeness (QED) is 0.520. The molecule has 0 unspecified atom stereocenters. The number of hydrogen-bond donors (Lipinski definition) is 0. The number of unbranched alkanes of at least 4 members (excludes halogenated alkanes) is 7. The van der Waals surface area contributed by atoms with Gasteiger partial charge in [0.25, 0.3) is 0 Å². The minimum Gasteiger partial charge on any atom is -0.385 e. The molecule has 0 fully saturated rings. The number of ether oxygens (including phenoxy) is 1. The minimum atomic E-state index is 0. The van der Waals surface area contributed by atoms with E-state index in [0.717, 1.165) is 6.61 Å². The molecule has 0 spiro atoms. The van der Waals surface area contributed by atoms with Crippen LogP contribution in [-0.2, 0) is 4.74 Å². The monoisotopic (exact) mass is 206 g/mol. The van der Waals surface area contributed by atoms with Crippen molar-refractivity contribution < 1.29 is 4.74 Å². The van der Waals surface area contributed by atoms with Crippen LogP contribution in [0, 0.1) is 0 Å². The van der Waals surface area contributed by atoms with E-state index in [4.69, 9.17) is 4.74 Å².